The number of carbonyl (C=O) groups excluding carboxylic acids is 2. The molecule has 1 saturated heterocycles. The molecule has 1 fully saturated rings. The number of carbonyl (C=O) groups is 2. The maximum Gasteiger partial charge on any atom is 0.295 e. The first-order valence-electron chi connectivity index (χ1n) is 11.8. The lowest BCUT2D eigenvalue weighted by Gasteiger charge is -2.25. The van der Waals surface area contributed by atoms with E-state index < -0.39 is 17.7 Å². The van der Waals surface area contributed by atoms with E-state index in [1.807, 2.05) is 44.2 Å². The lowest BCUT2D eigenvalue weighted by molar-refractivity contribution is -0.140. The number of aliphatic hydroxyl groups excluding tert-OH is 1. The van der Waals surface area contributed by atoms with Crippen molar-refractivity contribution in [3.8, 4) is 5.75 Å². The third-order valence-electron chi connectivity index (χ3n) is 6.03. The van der Waals surface area contributed by atoms with Crippen LogP contribution in [0.4, 0.5) is 0 Å². The molecule has 4 rings (SSSR count). The highest BCUT2D eigenvalue weighted by atomic mass is 16.5. The van der Waals surface area contributed by atoms with Crippen LogP contribution in [0.3, 0.4) is 0 Å². The number of rotatable bonds is 7. The van der Waals surface area contributed by atoms with E-state index in [9.17, 15) is 14.7 Å². The molecule has 0 saturated carbocycles. The van der Waals surface area contributed by atoms with Crippen molar-refractivity contribution in [3.63, 3.8) is 0 Å². The maximum atomic E-state index is 13.2. The number of Topliss-reactive ketones (excluding diaryl/α,β-unsaturated/α-hetero) is 1. The van der Waals surface area contributed by atoms with E-state index in [2.05, 4.69) is 18.8 Å². The summed E-state index contributed by atoms with van der Waals surface area (Å²) in [5.74, 6) is -0.544. The number of aliphatic hydroxyl groups is 1. The zero-order valence-electron chi connectivity index (χ0n) is 20.4. The summed E-state index contributed by atoms with van der Waals surface area (Å²) in [6.07, 6.45) is 3.35. The fraction of sp³-hybridized carbons (Fsp3) is 0.276. The van der Waals surface area contributed by atoms with Crippen LogP contribution >= 0.6 is 0 Å². The molecule has 1 aliphatic rings. The molecular weight excluding hydrogens is 440 g/mol. The molecule has 180 valence electrons. The van der Waals surface area contributed by atoms with Crippen LogP contribution in [-0.2, 0) is 16.1 Å². The number of likely N-dealkylation sites (tertiary alicyclic amines) is 1. The Bertz CT molecular complexity index is 1230. The number of amides is 1. The van der Waals surface area contributed by atoms with Gasteiger partial charge in [0.05, 0.1) is 17.7 Å². The lowest BCUT2D eigenvalue weighted by atomic mass is 9.93. The zero-order valence-corrected chi connectivity index (χ0v) is 20.4. The van der Waals surface area contributed by atoms with E-state index in [1.54, 1.807) is 42.7 Å². The zero-order chi connectivity index (χ0) is 25.1. The molecule has 1 aliphatic heterocycles. The summed E-state index contributed by atoms with van der Waals surface area (Å²) in [5.41, 5.74) is 3.24. The first-order chi connectivity index (χ1) is 16.8. The number of aromatic nitrogens is 1. The fourth-order valence-electron chi connectivity index (χ4n) is 4.26. The summed E-state index contributed by atoms with van der Waals surface area (Å²) >= 11 is 0. The average molecular weight is 471 g/mol. The molecule has 3 aromatic rings. The molecule has 2 heterocycles. The Hall–Kier alpha value is -3.93. The van der Waals surface area contributed by atoms with Crippen molar-refractivity contribution in [1.29, 1.82) is 0 Å². The monoisotopic (exact) mass is 470 g/mol. The molecule has 0 bridgehead atoms. The first kappa shape index (κ1) is 24.2. The van der Waals surface area contributed by atoms with Gasteiger partial charge in [0.25, 0.3) is 11.7 Å². The van der Waals surface area contributed by atoms with Gasteiger partial charge in [-0.3, -0.25) is 14.6 Å². The Labute approximate surface area is 205 Å². The van der Waals surface area contributed by atoms with Gasteiger partial charge in [-0.25, -0.2) is 0 Å². The highest BCUT2D eigenvalue weighted by molar-refractivity contribution is 6.46. The van der Waals surface area contributed by atoms with Crippen molar-refractivity contribution in [2.75, 3.05) is 0 Å². The molecule has 0 aliphatic carbocycles. The second-order valence-corrected chi connectivity index (χ2v) is 9.30. The molecule has 2 aromatic carbocycles. The predicted octanol–water partition coefficient (Wildman–Crippen LogP) is 5.61. The smallest absolute Gasteiger partial charge is 0.295 e. The Morgan fingerprint density at radius 2 is 1.69 bits per heavy atom. The third kappa shape index (κ3) is 5.11. The molecule has 0 spiro atoms. The average Bonchev–Trinajstić information content (AvgIpc) is 3.09. The predicted molar refractivity (Wildman–Crippen MR) is 135 cm³/mol. The summed E-state index contributed by atoms with van der Waals surface area (Å²) in [4.78, 5) is 32.1. The fourth-order valence-corrected chi connectivity index (χ4v) is 4.26. The number of hydrogen-bond donors (Lipinski definition) is 1. The number of ketones is 1. The van der Waals surface area contributed by atoms with Crippen LogP contribution in [0.5, 0.6) is 5.75 Å². The minimum atomic E-state index is -0.719. The number of benzene rings is 2. The SMILES string of the molecule is CC(C)Oc1ccc(/C(O)=C2\C(=O)C(=O)N(Cc3cccnc3)[C@H]2c2ccc(C(C)C)cc2)cc1. The normalized spacial score (nSPS) is 17.4. The Morgan fingerprint density at radius 1 is 1.00 bits per heavy atom. The summed E-state index contributed by atoms with van der Waals surface area (Å²) in [5, 5.41) is 11.3. The van der Waals surface area contributed by atoms with Crippen molar-refractivity contribution in [2.24, 2.45) is 0 Å². The van der Waals surface area contributed by atoms with Crippen LogP contribution in [0.25, 0.3) is 5.76 Å². The van der Waals surface area contributed by atoms with E-state index in [1.165, 1.54) is 4.90 Å². The van der Waals surface area contributed by atoms with Crippen molar-refractivity contribution < 1.29 is 19.4 Å². The molecule has 0 radical (unpaired) electrons. The van der Waals surface area contributed by atoms with Crippen LogP contribution in [0, 0.1) is 0 Å². The minimum absolute atomic E-state index is 0.0149. The van der Waals surface area contributed by atoms with Crippen LogP contribution in [0.1, 0.15) is 61.9 Å². The molecule has 1 aromatic heterocycles. The molecule has 0 unspecified atom stereocenters. The van der Waals surface area contributed by atoms with Crippen molar-refractivity contribution in [1.82, 2.24) is 9.88 Å². The standard InChI is InChI=1S/C29H30N2O4/c1-18(2)21-7-9-22(10-8-21)26-25(27(32)23-11-13-24(14-12-23)35-19(3)4)28(33)29(34)31(26)17-20-6-5-15-30-16-20/h5-16,18-19,26,32H,17H2,1-4H3/b27-25+/t26-/m0/s1. The number of nitrogens with zero attached hydrogens (tertiary/aromatic N) is 2. The summed E-state index contributed by atoms with van der Waals surface area (Å²) in [6.45, 7) is 8.28. The van der Waals surface area contributed by atoms with Gasteiger partial charge in [-0.1, -0.05) is 44.2 Å². The Morgan fingerprint density at radius 3 is 2.26 bits per heavy atom. The van der Waals surface area contributed by atoms with Gasteiger partial charge in [-0.05, 0) is 66.8 Å². The molecule has 1 N–H and O–H groups in total. The van der Waals surface area contributed by atoms with Gasteiger partial charge in [0.2, 0.25) is 0 Å². The molecule has 35 heavy (non-hydrogen) atoms. The van der Waals surface area contributed by atoms with Crippen LogP contribution in [0.15, 0.2) is 78.6 Å². The van der Waals surface area contributed by atoms with Gasteiger partial charge in [-0.2, -0.15) is 0 Å². The van der Waals surface area contributed by atoms with E-state index >= 15 is 0 Å². The van der Waals surface area contributed by atoms with Crippen molar-refractivity contribution >= 4 is 17.4 Å². The second-order valence-electron chi connectivity index (χ2n) is 9.30. The highest BCUT2D eigenvalue weighted by Gasteiger charge is 2.46. The van der Waals surface area contributed by atoms with Gasteiger partial charge in [-0.15, -0.1) is 0 Å². The summed E-state index contributed by atoms with van der Waals surface area (Å²) in [7, 11) is 0. The van der Waals surface area contributed by atoms with Gasteiger partial charge in [0.1, 0.15) is 11.5 Å². The maximum absolute atomic E-state index is 13.2. The molecule has 6 heteroatoms. The van der Waals surface area contributed by atoms with Gasteiger partial charge >= 0.3 is 0 Å². The van der Waals surface area contributed by atoms with E-state index in [0.717, 1.165) is 16.7 Å². The van der Waals surface area contributed by atoms with E-state index in [4.69, 9.17) is 4.74 Å². The second kappa shape index (κ2) is 10.1. The summed E-state index contributed by atoms with van der Waals surface area (Å²) < 4.78 is 5.68. The van der Waals surface area contributed by atoms with Crippen LogP contribution in [0.2, 0.25) is 0 Å². The minimum Gasteiger partial charge on any atom is -0.507 e. The van der Waals surface area contributed by atoms with Crippen LogP contribution in [-0.4, -0.2) is 32.8 Å². The van der Waals surface area contributed by atoms with E-state index in [0.29, 0.717) is 17.2 Å². The lowest BCUT2D eigenvalue weighted by Crippen LogP contribution is -2.29. The Kier molecular flexibility index (Phi) is 7.01. The van der Waals surface area contributed by atoms with E-state index in [-0.39, 0.29) is 24.0 Å². The van der Waals surface area contributed by atoms with Gasteiger partial charge in [0, 0.05) is 24.5 Å². The first-order valence-corrected chi connectivity index (χ1v) is 11.8. The molecule has 1 amide bonds. The molecule has 1 atom stereocenters. The quantitative estimate of drug-likeness (QED) is 0.276. The third-order valence-corrected chi connectivity index (χ3v) is 6.03. The van der Waals surface area contributed by atoms with Crippen molar-refractivity contribution in [2.45, 2.75) is 52.3 Å². The topological polar surface area (TPSA) is 79.7 Å². The molecule has 6 nitrogen and oxygen atoms in total. The summed E-state index contributed by atoms with van der Waals surface area (Å²) in [6, 6.07) is 17.7. The highest BCUT2D eigenvalue weighted by Crippen LogP contribution is 2.40. The van der Waals surface area contributed by atoms with Crippen LogP contribution < -0.4 is 4.74 Å². The van der Waals surface area contributed by atoms with Gasteiger partial charge in [0.15, 0.2) is 0 Å². The number of pyridine rings is 1. The number of hydrogen-bond acceptors (Lipinski definition) is 5. The van der Waals surface area contributed by atoms with Gasteiger partial charge < -0.3 is 14.7 Å². The molecular formula is C29H30N2O4. The Balaban J connectivity index is 1.80. The largest absolute Gasteiger partial charge is 0.507 e. The van der Waals surface area contributed by atoms with Crippen molar-refractivity contribution in [3.05, 3.63) is 101 Å². The number of ether oxygens (including phenoxy) is 1.